The Hall–Kier alpha value is -1.18. The molecule has 0 N–H and O–H groups in total. The maximum Gasteiger partial charge on any atom is 0.125 e. The standard InChI is InChI=1S/C14H18FN/c1-3-5-10(6-4-2)14-12-8-7-11(15)9-13(12)16-14/h7-10H,3-6H2,1-2H3. The van der Waals surface area contributed by atoms with E-state index in [9.17, 15) is 4.39 Å². The summed E-state index contributed by atoms with van der Waals surface area (Å²) in [4.78, 5) is 4.46. The summed E-state index contributed by atoms with van der Waals surface area (Å²) in [6.45, 7) is 4.40. The van der Waals surface area contributed by atoms with Gasteiger partial charge in [0.2, 0.25) is 0 Å². The molecule has 1 aromatic rings. The Kier molecular flexibility index (Phi) is 3.37. The maximum absolute atomic E-state index is 12.9. The fourth-order valence-corrected chi connectivity index (χ4v) is 2.38. The monoisotopic (exact) mass is 219 g/mol. The fraction of sp³-hybridized carbons (Fsp3) is 0.500. The molecule has 0 bridgehead atoms. The van der Waals surface area contributed by atoms with Crippen LogP contribution in [-0.2, 0) is 0 Å². The Morgan fingerprint density at radius 1 is 1.19 bits per heavy atom. The lowest BCUT2D eigenvalue weighted by molar-refractivity contribution is 0.556. The molecule has 0 saturated heterocycles. The third-order valence-corrected chi connectivity index (χ3v) is 3.14. The van der Waals surface area contributed by atoms with Gasteiger partial charge in [-0.15, -0.1) is 0 Å². The number of halogens is 1. The summed E-state index contributed by atoms with van der Waals surface area (Å²) in [5.41, 5.74) is 3.18. The van der Waals surface area contributed by atoms with Gasteiger partial charge in [0.05, 0.1) is 11.4 Å². The number of aliphatic imine (C=N–C) groups is 1. The first-order valence-electron chi connectivity index (χ1n) is 6.14. The van der Waals surface area contributed by atoms with Crippen molar-refractivity contribution < 1.29 is 4.39 Å². The first kappa shape index (κ1) is 11.3. The van der Waals surface area contributed by atoms with Gasteiger partial charge in [-0.05, 0) is 25.0 Å². The molecular weight excluding hydrogens is 201 g/mol. The van der Waals surface area contributed by atoms with E-state index in [2.05, 4.69) is 18.8 Å². The number of benzene rings is 1. The van der Waals surface area contributed by atoms with E-state index in [0.717, 1.165) is 11.3 Å². The Labute approximate surface area is 96.4 Å². The molecule has 1 heterocycles. The maximum atomic E-state index is 12.9. The predicted molar refractivity (Wildman–Crippen MR) is 65.9 cm³/mol. The minimum Gasteiger partial charge on any atom is -0.252 e. The Morgan fingerprint density at radius 2 is 1.88 bits per heavy atom. The zero-order valence-electron chi connectivity index (χ0n) is 9.96. The third-order valence-electron chi connectivity index (χ3n) is 3.14. The van der Waals surface area contributed by atoms with Gasteiger partial charge in [0.1, 0.15) is 5.82 Å². The minimum absolute atomic E-state index is 0.191. The second kappa shape index (κ2) is 4.77. The van der Waals surface area contributed by atoms with Crippen molar-refractivity contribution in [2.75, 3.05) is 0 Å². The summed E-state index contributed by atoms with van der Waals surface area (Å²) in [6.07, 6.45) is 4.73. The summed E-state index contributed by atoms with van der Waals surface area (Å²) < 4.78 is 12.9. The van der Waals surface area contributed by atoms with Crippen LogP contribution in [0.2, 0.25) is 0 Å². The molecule has 0 atom stereocenters. The summed E-state index contributed by atoms with van der Waals surface area (Å²) >= 11 is 0. The molecule has 0 spiro atoms. The highest BCUT2D eigenvalue weighted by molar-refractivity contribution is 6.13. The topological polar surface area (TPSA) is 12.4 Å². The van der Waals surface area contributed by atoms with Gasteiger partial charge >= 0.3 is 0 Å². The van der Waals surface area contributed by atoms with Crippen molar-refractivity contribution in [1.82, 2.24) is 0 Å². The average molecular weight is 219 g/mol. The van der Waals surface area contributed by atoms with Gasteiger partial charge < -0.3 is 0 Å². The number of nitrogens with zero attached hydrogens (tertiary/aromatic N) is 1. The van der Waals surface area contributed by atoms with E-state index in [-0.39, 0.29) is 5.82 Å². The van der Waals surface area contributed by atoms with Crippen molar-refractivity contribution in [3.8, 4) is 0 Å². The van der Waals surface area contributed by atoms with Gasteiger partial charge in [0, 0.05) is 17.5 Å². The lowest BCUT2D eigenvalue weighted by atomic mass is 9.85. The van der Waals surface area contributed by atoms with E-state index in [0.29, 0.717) is 5.92 Å². The molecule has 0 saturated carbocycles. The normalized spacial score (nSPS) is 13.4. The molecular formula is C14H18FN. The van der Waals surface area contributed by atoms with Crippen molar-refractivity contribution in [3.63, 3.8) is 0 Å². The van der Waals surface area contributed by atoms with E-state index in [1.54, 1.807) is 0 Å². The molecule has 2 heteroatoms. The van der Waals surface area contributed by atoms with Crippen LogP contribution >= 0.6 is 0 Å². The highest BCUT2D eigenvalue weighted by atomic mass is 19.1. The van der Waals surface area contributed by atoms with Gasteiger partial charge in [-0.3, -0.25) is 4.99 Å². The van der Waals surface area contributed by atoms with Crippen LogP contribution < -0.4 is 0 Å². The van der Waals surface area contributed by atoms with Gasteiger partial charge in [-0.25, -0.2) is 4.39 Å². The Balaban J connectivity index is 2.15. The van der Waals surface area contributed by atoms with Crippen molar-refractivity contribution in [2.45, 2.75) is 39.5 Å². The van der Waals surface area contributed by atoms with Gasteiger partial charge in [0.25, 0.3) is 0 Å². The average Bonchev–Trinajstić information content (AvgIpc) is 2.22. The van der Waals surface area contributed by atoms with Gasteiger partial charge in [-0.2, -0.15) is 0 Å². The molecule has 0 amide bonds. The molecule has 86 valence electrons. The van der Waals surface area contributed by atoms with E-state index in [1.807, 2.05) is 6.07 Å². The second-order valence-electron chi connectivity index (χ2n) is 4.43. The highest BCUT2D eigenvalue weighted by Crippen LogP contribution is 2.36. The van der Waals surface area contributed by atoms with Crippen LogP contribution in [0.4, 0.5) is 10.1 Å². The van der Waals surface area contributed by atoms with Crippen molar-refractivity contribution in [3.05, 3.63) is 29.6 Å². The smallest absolute Gasteiger partial charge is 0.125 e. The van der Waals surface area contributed by atoms with E-state index < -0.39 is 0 Å². The van der Waals surface area contributed by atoms with Crippen LogP contribution in [0.15, 0.2) is 23.2 Å². The molecule has 16 heavy (non-hydrogen) atoms. The van der Waals surface area contributed by atoms with E-state index in [1.165, 1.54) is 43.5 Å². The summed E-state index contributed by atoms with van der Waals surface area (Å²) in [7, 11) is 0. The van der Waals surface area contributed by atoms with Crippen LogP contribution in [-0.4, -0.2) is 5.71 Å². The molecule has 0 fully saturated rings. The van der Waals surface area contributed by atoms with Crippen molar-refractivity contribution >= 4 is 11.4 Å². The van der Waals surface area contributed by atoms with E-state index in [4.69, 9.17) is 0 Å². The summed E-state index contributed by atoms with van der Waals surface area (Å²) in [5, 5.41) is 0. The Bertz CT molecular complexity index is 403. The lowest BCUT2D eigenvalue weighted by Crippen LogP contribution is -2.21. The molecule has 0 unspecified atom stereocenters. The third kappa shape index (κ3) is 2.01. The van der Waals surface area contributed by atoms with Crippen molar-refractivity contribution in [2.24, 2.45) is 10.9 Å². The van der Waals surface area contributed by atoms with Crippen LogP contribution in [0.5, 0.6) is 0 Å². The SMILES string of the molecule is CCCC(CCC)C1=Nc2cc(F)ccc21. The lowest BCUT2D eigenvalue weighted by Gasteiger charge is -2.26. The molecule has 1 aliphatic rings. The molecule has 0 radical (unpaired) electrons. The first-order valence-corrected chi connectivity index (χ1v) is 6.14. The summed E-state index contributed by atoms with van der Waals surface area (Å²) in [6, 6.07) is 4.92. The quantitative estimate of drug-likeness (QED) is 0.692. The molecule has 1 aromatic carbocycles. The number of hydrogen-bond donors (Lipinski definition) is 0. The second-order valence-corrected chi connectivity index (χ2v) is 4.43. The van der Waals surface area contributed by atoms with Crippen LogP contribution in [0, 0.1) is 11.7 Å². The largest absolute Gasteiger partial charge is 0.252 e. The van der Waals surface area contributed by atoms with Crippen molar-refractivity contribution in [1.29, 1.82) is 0 Å². The molecule has 0 aromatic heterocycles. The number of rotatable bonds is 5. The fourth-order valence-electron chi connectivity index (χ4n) is 2.38. The number of hydrogen-bond acceptors (Lipinski definition) is 1. The first-order chi connectivity index (χ1) is 7.76. The molecule has 1 aliphatic heterocycles. The van der Waals surface area contributed by atoms with Crippen LogP contribution in [0.3, 0.4) is 0 Å². The number of fused-ring (bicyclic) bond motifs is 1. The Morgan fingerprint density at radius 3 is 2.44 bits per heavy atom. The van der Waals surface area contributed by atoms with E-state index >= 15 is 0 Å². The molecule has 2 rings (SSSR count). The zero-order valence-corrected chi connectivity index (χ0v) is 9.96. The van der Waals surface area contributed by atoms with Crippen LogP contribution in [0.25, 0.3) is 0 Å². The molecule has 1 nitrogen and oxygen atoms in total. The minimum atomic E-state index is -0.191. The zero-order chi connectivity index (χ0) is 11.5. The summed E-state index contributed by atoms with van der Waals surface area (Å²) in [5.74, 6) is 0.372. The molecule has 0 aliphatic carbocycles. The predicted octanol–water partition coefficient (Wildman–Crippen LogP) is 4.48. The van der Waals surface area contributed by atoms with Crippen LogP contribution in [0.1, 0.15) is 45.1 Å². The van der Waals surface area contributed by atoms with Gasteiger partial charge in [-0.1, -0.05) is 26.7 Å². The highest BCUT2D eigenvalue weighted by Gasteiger charge is 2.25. The van der Waals surface area contributed by atoms with Gasteiger partial charge in [0.15, 0.2) is 0 Å².